The molecule has 63 heavy (non-hydrogen) atoms. The van der Waals surface area contributed by atoms with E-state index in [9.17, 15) is 18.0 Å². The Hall–Kier alpha value is -5.56. The van der Waals surface area contributed by atoms with E-state index in [4.69, 9.17) is 25.8 Å². The molecule has 19 heteroatoms. The largest absolute Gasteiger partial charge is 0.497 e. The predicted octanol–water partition coefficient (Wildman–Crippen LogP) is 5.48. The lowest BCUT2D eigenvalue weighted by Crippen LogP contribution is -2.53. The maximum Gasteiger partial charge on any atom is 0.249 e. The molecule has 0 saturated carbocycles. The fourth-order valence-corrected chi connectivity index (χ4v) is 8.85. The molecule has 7 rings (SSSR count). The molecule has 4 heterocycles. The van der Waals surface area contributed by atoms with Crippen LogP contribution in [0.15, 0.2) is 60.8 Å². The summed E-state index contributed by atoms with van der Waals surface area (Å²) in [5.74, 6) is 1.99. The normalized spacial score (nSPS) is 17.8. The number of nitrogens with zero attached hydrogens (tertiary/aromatic N) is 6. The van der Waals surface area contributed by atoms with Crippen molar-refractivity contribution in [3.63, 3.8) is 0 Å². The minimum Gasteiger partial charge on any atom is -0.497 e. The van der Waals surface area contributed by atoms with Crippen LogP contribution in [0.1, 0.15) is 38.2 Å². The number of carbonyl (C=O) groups excluding carboxylic acids is 2. The third-order valence-electron chi connectivity index (χ3n) is 11.9. The van der Waals surface area contributed by atoms with Crippen molar-refractivity contribution in [3.05, 3.63) is 71.4 Å². The van der Waals surface area contributed by atoms with Crippen molar-refractivity contribution in [2.24, 2.45) is 0 Å². The molecule has 0 unspecified atom stereocenters. The van der Waals surface area contributed by atoms with Crippen molar-refractivity contribution in [2.75, 3.05) is 105 Å². The maximum absolute atomic E-state index is 12.5. The lowest BCUT2D eigenvalue weighted by atomic mass is 9.99. The minimum absolute atomic E-state index is 0.225. The molecule has 2 amide bonds. The highest BCUT2D eigenvalue weighted by molar-refractivity contribution is 7.92. The van der Waals surface area contributed by atoms with Gasteiger partial charge in [0.1, 0.15) is 34.9 Å². The molecular weight excluding hydrogens is 848 g/mol. The Morgan fingerprint density at radius 3 is 2.30 bits per heavy atom. The molecule has 4 N–H and O–H groups in total. The Bertz CT molecular complexity index is 2360. The molecule has 0 spiro atoms. The Labute approximate surface area is 374 Å². The molecule has 1 atom stereocenters. The van der Waals surface area contributed by atoms with Gasteiger partial charge in [-0.15, -0.1) is 0 Å². The van der Waals surface area contributed by atoms with Gasteiger partial charge in [0.05, 0.1) is 43.7 Å². The zero-order chi connectivity index (χ0) is 44.7. The Kier molecular flexibility index (Phi) is 14.6. The highest BCUT2D eigenvalue weighted by atomic mass is 35.5. The number of aromatic nitrogens is 2. The first-order valence-corrected chi connectivity index (χ1v) is 23.5. The Morgan fingerprint density at radius 1 is 0.905 bits per heavy atom. The molecule has 1 aromatic heterocycles. The lowest BCUT2D eigenvalue weighted by molar-refractivity contribution is -0.133. The topological polar surface area (TPSA) is 183 Å². The number of piperidine rings is 2. The van der Waals surface area contributed by atoms with Gasteiger partial charge in [0.15, 0.2) is 5.82 Å². The average Bonchev–Trinajstić information content (AvgIpc) is 3.28. The SMILES string of the molecule is CCc1cc(Nc2ncc(Cl)c(Nc3ccc(OC)cc3N(C)S(C)(=O)=O)n2)c(OC)cc1N1CCC(N2CCN(CCOc3ccc(N[C@H]4CCC(=O)NC4=O)cc3)CC2)CC1. The molecule has 3 aliphatic heterocycles. The summed E-state index contributed by atoms with van der Waals surface area (Å²) < 4.78 is 43.4. The first-order valence-electron chi connectivity index (χ1n) is 21.3. The number of anilines is 7. The number of amides is 2. The molecule has 0 aliphatic carbocycles. The number of piperazine rings is 1. The van der Waals surface area contributed by atoms with Crippen LogP contribution in [-0.2, 0) is 26.0 Å². The van der Waals surface area contributed by atoms with Gasteiger partial charge in [0.2, 0.25) is 27.8 Å². The summed E-state index contributed by atoms with van der Waals surface area (Å²) in [4.78, 5) is 40.2. The number of hydrogen-bond acceptors (Lipinski definition) is 15. The molecule has 338 valence electrons. The van der Waals surface area contributed by atoms with E-state index in [-0.39, 0.29) is 28.6 Å². The van der Waals surface area contributed by atoms with E-state index < -0.39 is 16.1 Å². The van der Waals surface area contributed by atoms with Crippen LogP contribution in [-0.4, -0.2) is 132 Å². The number of methoxy groups -OCH3 is 2. The van der Waals surface area contributed by atoms with Gasteiger partial charge in [-0.1, -0.05) is 18.5 Å². The first kappa shape index (κ1) is 45.5. The number of ether oxygens (including phenoxy) is 3. The van der Waals surface area contributed by atoms with Crippen LogP contribution in [0.5, 0.6) is 17.2 Å². The van der Waals surface area contributed by atoms with Gasteiger partial charge in [0, 0.05) is 88.8 Å². The van der Waals surface area contributed by atoms with Crippen molar-refractivity contribution < 1.29 is 32.2 Å². The number of rotatable bonds is 17. The maximum atomic E-state index is 12.5. The van der Waals surface area contributed by atoms with E-state index in [2.05, 4.69) is 65.0 Å². The van der Waals surface area contributed by atoms with E-state index in [1.165, 1.54) is 25.9 Å². The number of imide groups is 1. The van der Waals surface area contributed by atoms with E-state index >= 15 is 0 Å². The quantitative estimate of drug-likeness (QED) is 0.0978. The highest BCUT2D eigenvalue weighted by Crippen LogP contribution is 2.38. The van der Waals surface area contributed by atoms with Crippen LogP contribution in [0, 0.1) is 0 Å². The summed E-state index contributed by atoms with van der Waals surface area (Å²) in [5.41, 5.74) is 4.68. The van der Waals surface area contributed by atoms with Crippen LogP contribution in [0.25, 0.3) is 0 Å². The second kappa shape index (κ2) is 20.3. The van der Waals surface area contributed by atoms with Crippen molar-refractivity contribution in [1.82, 2.24) is 25.1 Å². The van der Waals surface area contributed by atoms with Crippen molar-refractivity contribution in [1.29, 1.82) is 0 Å². The molecule has 3 saturated heterocycles. The van der Waals surface area contributed by atoms with Gasteiger partial charge in [-0.3, -0.25) is 29.0 Å². The second-order valence-corrected chi connectivity index (χ2v) is 18.3. The standard InChI is InChI=1S/C44H57ClN10O7S/c1-6-29-25-37(49-44-46-28-34(45)42(51-44)48-35-12-11-33(60-3)26-39(35)52(2)63(5,58)59)40(61-4)27-38(29)55-17-15-31(16-18-55)54-21-19-53(20-22-54)23-24-62-32-9-7-30(8-10-32)47-36-13-14-41(56)50-43(36)57/h7-12,25-28,31,36,47H,6,13-24H2,1-5H3,(H,50,56,57)(H2,46,48,49,51)/t36-/m0/s1. The van der Waals surface area contributed by atoms with Crippen molar-refractivity contribution >= 4 is 73.6 Å². The summed E-state index contributed by atoms with van der Waals surface area (Å²) in [6, 6.07) is 17.0. The zero-order valence-corrected chi connectivity index (χ0v) is 38.0. The van der Waals surface area contributed by atoms with E-state index in [0.717, 1.165) is 92.8 Å². The smallest absolute Gasteiger partial charge is 0.249 e. The summed E-state index contributed by atoms with van der Waals surface area (Å²) >= 11 is 6.55. The van der Waals surface area contributed by atoms with Gasteiger partial charge in [0.25, 0.3) is 0 Å². The summed E-state index contributed by atoms with van der Waals surface area (Å²) in [7, 11) is 1.05. The Morgan fingerprint density at radius 2 is 1.63 bits per heavy atom. The number of aryl methyl sites for hydroxylation is 1. The zero-order valence-electron chi connectivity index (χ0n) is 36.4. The molecule has 4 aromatic rings. The van der Waals surface area contributed by atoms with Crippen LogP contribution in [0.3, 0.4) is 0 Å². The molecule has 17 nitrogen and oxygen atoms in total. The fourth-order valence-electron chi connectivity index (χ4n) is 8.20. The number of benzene rings is 3. The van der Waals surface area contributed by atoms with E-state index in [1.807, 2.05) is 24.3 Å². The van der Waals surface area contributed by atoms with Gasteiger partial charge in [-0.05, 0) is 73.7 Å². The molecular formula is C44H57ClN10O7S. The first-order chi connectivity index (χ1) is 30.3. The van der Waals surface area contributed by atoms with Gasteiger partial charge in [-0.25, -0.2) is 13.4 Å². The van der Waals surface area contributed by atoms with Crippen molar-refractivity contribution in [2.45, 2.75) is 51.1 Å². The van der Waals surface area contributed by atoms with E-state index in [0.29, 0.717) is 54.1 Å². The van der Waals surface area contributed by atoms with Crippen LogP contribution in [0.2, 0.25) is 5.02 Å². The molecule has 3 aliphatic rings. The summed E-state index contributed by atoms with van der Waals surface area (Å²) in [5, 5.41) is 12.3. The van der Waals surface area contributed by atoms with Gasteiger partial charge >= 0.3 is 0 Å². The third kappa shape index (κ3) is 11.3. The number of nitrogens with one attached hydrogen (secondary N) is 4. The van der Waals surface area contributed by atoms with Crippen LogP contribution < -0.4 is 44.7 Å². The number of sulfonamides is 1. The van der Waals surface area contributed by atoms with Crippen molar-refractivity contribution in [3.8, 4) is 17.2 Å². The number of hydrogen-bond donors (Lipinski definition) is 4. The fraction of sp³-hybridized carbons (Fsp3) is 0.455. The third-order valence-corrected chi connectivity index (χ3v) is 13.4. The number of halogens is 1. The molecule has 3 fully saturated rings. The monoisotopic (exact) mass is 904 g/mol. The average molecular weight is 906 g/mol. The molecule has 0 radical (unpaired) electrons. The molecule has 0 bridgehead atoms. The predicted molar refractivity (Wildman–Crippen MR) is 247 cm³/mol. The van der Waals surface area contributed by atoms with Crippen LogP contribution in [0.4, 0.5) is 40.2 Å². The Balaban J connectivity index is 0.901. The van der Waals surface area contributed by atoms with Crippen LogP contribution >= 0.6 is 11.6 Å². The summed E-state index contributed by atoms with van der Waals surface area (Å²) in [6.45, 7) is 9.55. The second-order valence-electron chi connectivity index (χ2n) is 15.9. The summed E-state index contributed by atoms with van der Waals surface area (Å²) in [6.07, 6.45) is 6.40. The molecule has 3 aromatic carbocycles. The van der Waals surface area contributed by atoms with Gasteiger partial charge in [-0.2, -0.15) is 4.98 Å². The highest BCUT2D eigenvalue weighted by Gasteiger charge is 2.30. The van der Waals surface area contributed by atoms with E-state index in [1.54, 1.807) is 25.3 Å². The minimum atomic E-state index is -3.58. The van der Waals surface area contributed by atoms with Gasteiger partial charge < -0.3 is 35.1 Å². The number of carbonyl (C=O) groups is 2. The lowest BCUT2D eigenvalue weighted by Gasteiger charge is -2.43.